The Morgan fingerprint density at radius 1 is 1.11 bits per heavy atom. The van der Waals surface area contributed by atoms with Gasteiger partial charge in [0.25, 0.3) is 5.91 Å². The summed E-state index contributed by atoms with van der Waals surface area (Å²) in [5, 5.41) is 4.80. The third kappa shape index (κ3) is 4.78. The predicted molar refractivity (Wildman–Crippen MR) is 144 cm³/mol. The first-order valence-corrected chi connectivity index (χ1v) is 13.6. The Morgan fingerprint density at radius 2 is 1.91 bits per heavy atom. The number of hydrogen-bond donors (Lipinski definition) is 1. The maximum absolute atomic E-state index is 12.8. The van der Waals surface area contributed by atoms with Gasteiger partial charge in [-0.05, 0) is 67.1 Å². The Labute approximate surface area is 215 Å². The van der Waals surface area contributed by atoms with Gasteiger partial charge in [0, 0.05) is 30.7 Å². The predicted octanol–water partition coefficient (Wildman–Crippen LogP) is 7.17. The van der Waals surface area contributed by atoms with Crippen molar-refractivity contribution >= 4 is 71.6 Å². The van der Waals surface area contributed by atoms with Crippen LogP contribution in [-0.2, 0) is 6.42 Å². The summed E-state index contributed by atoms with van der Waals surface area (Å²) in [5.41, 5.74) is 3.49. The van der Waals surface area contributed by atoms with Gasteiger partial charge in [-0.1, -0.05) is 35.1 Å². The minimum Gasteiger partial charge on any atom is -0.441 e. The van der Waals surface area contributed by atoms with E-state index in [2.05, 4.69) is 27.3 Å². The van der Waals surface area contributed by atoms with Crippen molar-refractivity contribution in [3.63, 3.8) is 0 Å². The number of aryl methyl sites for hydroxylation is 1. The number of fused-ring (bicyclic) bond motifs is 2. The minimum absolute atomic E-state index is 0.135. The van der Waals surface area contributed by atoms with Gasteiger partial charge < -0.3 is 14.6 Å². The summed E-state index contributed by atoms with van der Waals surface area (Å²) in [7, 11) is 0. The van der Waals surface area contributed by atoms with E-state index in [1.54, 1.807) is 11.3 Å². The molecule has 0 atom stereocenters. The molecule has 3 aromatic heterocycles. The zero-order chi connectivity index (χ0) is 23.9. The Morgan fingerprint density at radius 3 is 2.69 bits per heavy atom. The molecule has 6 nitrogen and oxygen atoms in total. The fraction of sp³-hybridized carbons (Fsp3) is 0.269. The molecule has 2 aromatic carbocycles. The number of oxazole rings is 1. The van der Waals surface area contributed by atoms with Crippen LogP contribution in [0.5, 0.6) is 0 Å². The first-order chi connectivity index (χ1) is 17.0. The molecule has 0 spiro atoms. The summed E-state index contributed by atoms with van der Waals surface area (Å²) >= 11 is 9.11. The van der Waals surface area contributed by atoms with Gasteiger partial charge in [0.05, 0.1) is 9.58 Å². The van der Waals surface area contributed by atoms with Gasteiger partial charge in [0.2, 0.25) is 0 Å². The maximum Gasteiger partial charge on any atom is 0.265 e. The van der Waals surface area contributed by atoms with Crippen LogP contribution in [0.25, 0.3) is 20.6 Å². The zero-order valence-corrected chi connectivity index (χ0v) is 21.5. The molecule has 1 saturated heterocycles. The first-order valence-electron chi connectivity index (χ1n) is 11.6. The molecule has 1 aliphatic rings. The zero-order valence-electron chi connectivity index (χ0n) is 19.1. The number of benzene rings is 2. The van der Waals surface area contributed by atoms with E-state index in [4.69, 9.17) is 21.0 Å². The van der Waals surface area contributed by atoms with Gasteiger partial charge >= 0.3 is 0 Å². The highest BCUT2D eigenvalue weighted by molar-refractivity contribution is 7.29. The molecule has 4 heterocycles. The second-order valence-corrected chi connectivity index (χ2v) is 11.4. The number of carbonyl (C=O) groups excluding carboxylic acids is 1. The lowest BCUT2D eigenvalue weighted by atomic mass is 9.90. The number of thiophene rings is 1. The van der Waals surface area contributed by atoms with Crippen LogP contribution in [-0.4, -0.2) is 29.0 Å². The van der Waals surface area contributed by atoms with Crippen LogP contribution in [0.15, 0.2) is 52.9 Å². The summed E-state index contributed by atoms with van der Waals surface area (Å²) < 4.78 is 6.56. The number of anilines is 2. The van der Waals surface area contributed by atoms with Gasteiger partial charge in [0.1, 0.15) is 10.3 Å². The van der Waals surface area contributed by atoms with Crippen LogP contribution in [0, 0.1) is 12.8 Å². The van der Waals surface area contributed by atoms with Crippen LogP contribution in [0.4, 0.5) is 10.8 Å². The number of amides is 1. The minimum atomic E-state index is -0.135. The average molecular weight is 523 g/mol. The third-order valence-electron chi connectivity index (χ3n) is 6.38. The van der Waals surface area contributed by atoms with Crippen molar-refractivity contribution < 1.29 is 9.21 Å². The fourth-order valence-electron chi connectivity index (χ4n) is 4.57. The number of piperidine rings is 1. The molecule has 6 rings (SSSR count). The first kappa shape index (κ1) is 22.5. The molecule has 5 aromatic rings. The van der Waals surface area contributed by atoms with E-state index in [0.29, 0.717) is 28.0 Å². The largest absolute Gasteiger partial charge is 0.441 e. The number of aromatic nitrogens is 2. The highest BCUT2D eigenvalue weighted by atomic mass is 35.5. The molecular formula is C26H23ClN4O2S2. The Bertz CT molecular complexity index is 1480. The number of rotatable bonds is 5. The third-order valence-corrected chi connectivity index (χ3v) is 8.85. The van der Waals surface area contributed by atoms with Crippen molar-refractivity contribution in [2.45, 2.75) is 26.2 Å². The molecule has 9 heteroatoms. The van der Waals surface area contributed by atoms with E-state index in [-0.39, 0.29) is 5.91 Å². The molecule has 0 unspecified atom stereocenters. The summed E-state index contributed by atoms with van der Waals surface area (Å²) in [6.07, 6.45) is 3.40. The van der Waals surface area contributed by atoms with E-state index < -0.39 is 0 Å². The molecule has 35 heavy (non-hydrogen) atoms. The highest BCUT2D eigenvalue weighted by Crippen LogP contribution is 2.37. The van der Waals surface area contributed by atoms with E-state index in [9.17, 15) is 4.79 Å². The summed E-state index contributed by atoms with van der Waals surface area (Å²) in [5.74, 6) is 1.16. The van der Waals surface area contributed by atoms with Crippen molar-refractivity contribution in [3.8, 4) is 0 Å². The monoisotopic (exact) mass is 522 g/mol. The molecule has 178 valence electrons. The van der Waals surface area contributed by atoms with Gasteiger partial charge in [-0.2, -0.15) is 0 Å². The number of thiazole rings is 1. The molecule has 0 saturated carbocycles. The number of halogens is 1. The molecular weight excluding hydrogens is 500 g/mol. The number of hydrogen-bond acceptors (Lipinski definition) is 7. The molecule has 1 amide bonds. The number of nitrogens with one attached hydrogen (secondary N) is 1. The lowest BCUT2D eigenvalue weighted by Gasteiger charge is -2.31. The normalized spacial score (nSPS) is 14.7. The van der Waals surface area contributed by atoms with Crippen LogP contribution >= 0.6 is 34.3 Å². The fourth-order valence-corrected chi connectivity index (χ4v) is 6.85. The Kier molecular flexibility index (Phi) is 5.96. The van der Waals surface area contributed by atoms with Gasteiger partial charge in [0.15, 0.2) is 16.6 Å². The van der Waals surface area contributed by atoms with Crippen LogP contribution in [0.3, 0.4) is 0 Å². The lowest BCUT2D eigenvalue weighted by Crippen LogP contribution is -2.34. The molecule has 0 aliphatic carbocycles. The maximum atomic E-state index is 12.8. The molecule has 0 bridgehead atoms. The van der Waals surface area contributed by atoms with Crippen molar-refractivity contribution in [2.75, 3.05) is 23.3 Å². The van der Waals surface area contributed by atoms with Crippen molar-refractivity contribution in [1.82, 2.24) is 9.97 Å². The van der Waals surface area contributed by atoms with Crippen molar-refractivity contribution in [1.29, 1.82) is 0 Å². The van der Waals surface area contributed by atoms with Crippen LogP contribution in [0.1, 0.15) is 34.0 Å². The van der Waals surface area contributed by atoms with E-state index >= 15 is 0 Å². The second-order valence-electron chi connectivity index (χ2n) is 8.91. The lowest BCUT2D eigenvalue weighted by molar-refractivity contribution is 0.103. The van der Waals surface area contributed by atoms with Crippen molar-refractivity contribution in [3.05, 3.63) is 69.9 Å². The van der Waals surface area contributed by atoms with Gasteiger partial charge in [-0.15, -0.1) is 11.3 Å². The SMILES string of the molecule is Cc1nc2cc(NC(=O)c3cc4sc(N5CCC(Cc6ccc(Cl)cc6)CC5)nc4s3)ccc2o1. The summed E-state index contributed by atoms with van der Waals surface area (Å²) in [6, 6.07) is 15.6. The smallest absolute Gasteiger partial charge is 0.265 e. The standard InChI is InChI=1S/C26H23ClN4O2S2/c1-15-28-20-13-19(6-7-21(20)33-15)29-24(32)22-14-23-25(34-22)30-26(35-23)31-10-8-17(9-11-31)12-16-2-4-18(27)5-3-16/h2-7,13-14,17H,8-12H2,1H3,(H,29,32). The molecule has 1 fully saturated rings. The van der Waals surface area contributed by atoms with Gasteiger partial charge in [-0.3, -0.25) is 4.79 Å². The Balaban J connectivity index is 1.09. The van der Waals surface area contributed by atoms with E-state index in [0.717, 1.165) is 57.6 Å². The van der Waals surface area contributed by atoms with E-state index in [1.807, 2.05) is 43.3 Å². The van der Waals surface area contributed by atoms with Gasteiger partial charge in [-0.25, -0.2) is 9.97 Å². The van der Waals surface area contributed by atoms with Crippen molar-refractivity contribution in [2.24, 2.45) is 5.92 Å². The van der Waals surface area contributed by atoms with Crippen LogP contribution < -0.4 is 10.2 Å². The molecule has 1 N–H and O–H groups in total. The number of nitrogens with zero attached hydrogens (tertiary/aromatic N) is 3. The summed E-state index contributed by atoms with van der Waals surface area (Å²) in [6.45, 7) is 3.83. The summed E-state index contributed by atoms with van der Waals surface area (Å²) in [4.78, 5) is 26.0. The second kappa shape index (κ2) is 9.26. The number of carbonyl (C=O) groups is 1. The molecule has 1 aliphatic heterocycles. The quantitative estimate of drug-likeness (QED) is 0.265. The average Bonchev–Trinajstić information content (AvgIpc) is 3.53. The highest BCUT2D eigenvalue weighted by Gasteiger charge is 2.23. The Hall–Kier alpha value is -2.94. The van der Waals surface area contributed by atoms with E-state index in [1.165, 1.54) is 16.9 Å². The topological polar surface area (TPSA) is 71.3 Å². The molecule has 0 radical (unpaired) electrons. The van der Waals surface area contributed by atoms with Crippen LogP contribution in [0.2, 0.25) is 5.02 Å².